The molecule has 4 nitrogen and oxygen atoms in total. The number of halogens is 2. The van der Waals surface area contributed by atoms with Gasteiger partial charge in [-0.05, 0) is 47.7 Å². The van der Waals surface area contributed by atoms with Crippen molar-refractivity contribution in [2.75, 3.05) is 12.3 Å². The molecule has 0 spiro atoms. The third kappa shape index (κ3) is 9.10. The van der Waals surface area contributed by atoms with Gasteiger partial charge in [-0.15, -0.1) is 11.8 Å². The minimum atomic E-state index is -0.653. The first-order chi connectivity index (χ1) is 17.9. The fraction of sp³-hybridized carbons (Fsp3) is 0.333. The molecule has 0 aliphatic carbocycles. The van der Waals surface area contributed by atoms with E-state index in [4.69, 9.17) is 23.2 Å². The number of nitrogens with zero attached hydrogens (tertiary/aromatic N) is 1. The molecule has 3 aromatic carbocycles. The summed E-state index contributed by atoms with van der Waals surface area (Å²) in [5.74, 6) is 0.764. The van der Waals surface area contributed by atoms with Crippen molar-refractivity contribution < 1.29 is 9.59 Å². The van der Waals surface area contributed by atoms with Gasteiger partial charge in [-0.25, -0.2) is 0 Å². The van der Waals surface area contributed by atoms with Crippen molar-refractivity contribution in [3.05, 3.63) is 105 Å². The summed E-state index contributed by atoms with van der Waals surface area (Å²) in [6.45, 7) is 5.00. The summed E-state index contributed by atoms with van der Waals surface area (Å²) in [5.41, 5.74) is 4.23. The normalized spacial score (nSPS) is 11.7. The van der Waals surface area contributed by atoms with Gasteiger partial charge >= 0.3 is 0 Å². The zero-order valence-corrected chi connectivity index (χ0v) is 23.7. The van der Waals surface area contributed by atoms with Crippen LogP contribution in [0.25, 0.3) is 0 Å². The number of nitrogens with one attached hydrogen (secondary N) is 1. The summed E-state index contributed by atoms with van der Waals surface area (Å²) in [5, 5.41) is 3.93. The number of benzene rings is 3. The van der Waals surface area contributed by atoms with Gasteiger partial charge in [0.15, 0.2) is 0 Å². The van der Waals surface area contributed by atoms with E-state index in [0.29, 0.717) is 23.0 Å². The van der Waals surface area contributed by atoms with Crippen LogP contribution in [0.4, 0.5) is 0 Å². The molecule has 3 rings (SSSR count). The number of aryl methyl sites for hydroxylation is 1. The average molecular weight is 558 g/mol. The highest BCUT2D eigenvalue weighted by Crippen LogP contribution is 2.25. The molecule has 0 aromatic heterocycles. The van der Waals surface area contributed by atoms with Crippen molar-refractivity contribution in [3.8, 4) is 0 Å². The van der Waals surface area contributed by atoms with E-state index in [1.54, 1.807) is 28.8 Å². The summed E-state index contributed by atoms with van der Waals surface area (Å²) >= 11 is 14.0. The van der Waals surface area contributed by atoms with Gasteiger partial charge in [-0.2, -0.15) is 0 Å². The lowest BCUT2D eigenvalue weighted by Crippen LogP contribution is -2.51. The number of hydrogen-bond acceptors (Lipinski definition) is 3. The maximum absolute atomic E-state index is 13.7. The second kappa shape index (κ2) is 15.1. The van der Waals surface area contributed by atoms with Gasteiger partial charge in [-0.3, -0.25) is 9.59 Å². The highest BCUT2D eigenvalue weighted by molar-refractivity contribution is 7.99. The number of rotatable bonds is 13. The van der Waals surface area contributed by atoms with Crippen LogP contribution < -0.4 is 5.32 Å². The summed E-state index contributed by atoms with van der Waals surface area (Å²) in [6.07, 6.45) is 2.29. The SMILES string of the molecule is CCCCNC(=O)C(Cc1ccccc1)N(Cc1ccc(Cl)c(Cl)c1)C(=O)CSCc1ccccc1C. The van der Waals surface area contributed by atoms with Crippen LogP contribution in [0.2, 0.25) is 10.0 Å². The first-order valence-electron chi connectivity index (χ1n) is 12.6. The van der Waals surface area contributed by atoms with E-state index in [1.165, 1.54) is 11.1 Å². The van der Waals surface area contributed by atoms with Gasteiger partial charge in [-0.1, -0.05) is 97.2 Å². The van der Waals surface area contributed by atoms with Crippen molar-refractivity contribution in [3.63, 3.8) is 0 Å². The van der Waals surface area contributed by atoms with Crippen LogP contribution >= 0.6 is 35.0 Å². The van der Waals surface area contributed by atoms with Crippen LogP contribution in [0.5, 0.6) is 0 Å². The summed E-state index contributed by atoms with van der Waals surface area (Å²) in [7, 11) is 0. The Balaban J connectivity index is 1.86. The van der Waals surface area contributed by atoms with E-state index in [2.05, 4.69) is 31.3 Å². The molecule has 37 heavy (non-hydrogen) atoms. The Labute approximate surface area is 234 Å². The molecule has 0 aliphatic rings. The first-order valence-corrected chi connectivity index (χ1v) is 14.5. The standard InChI is InChI=1S/C30H34Cl2N2O2S/c1-3-4-16-33-30(36)28(18-23-11-6-5-7-12-23)34(19-24-14-15-26(31)27(32)17-24)29(35)21-37-20-25-13-9-8-10-22(25)2/h5-15,17,28H,3-4,16,18-21H2,1-2H3,(H,33,36). The molecule has 1 unspecified atom stereocenters. The number of hydrogen-bond donors (Lipinski definition) is 1. The molecule has 7 heteroatoms. The summed E-state index contributed by atoms with van der Waals surface area (Å²) in [4.78, 5) is 28.9. The quantitative estimate of drug-likeness (QED) is 0.228. The highest BCUT2D eigenvalue weighted by Gasteiger charge is 2.30. The van der Waals surface area contributed by atoms with Gasteiger partial charge in [0.2, 0.25) is 11.8 Å². The highest BCUT2D eigenvalue weighted by atomic mass is 35.5. The third-order valence-corrected chi connectivity index (χ3v) is 7.89. The minimum absolute atomic E-state index is 0.0868. The molecule has 2 amide bonds. The van der Waals surface area contributed by atoms with Crippen LogP contribution in [-0.4, -0.2) is 35.1 Å². The first kappa shape index (κ1) is 29.1. The Morgan fingerprint density at radius 3 is 2.38 bits per heavy atom. The van der Waals surface area contributed by atoms with Crippen LogP contribution in [-0.2, 0) is 28.3 Å². The molecule has 196 valence electrons. The molecule has 0 aliphatic heterocycles. The maximum atomic E-state index is 13.7. The van der Waals surface area contributed by atoms with Crippen LogP contribution in [0.15, 0.2) is 72.8 Å². The van der Waals surface area contributed by atoms with Gasteiger partial charge in [0, 0.05) is 25.3 Å². The Bertz CT molecular complexity index is 1170. The number of thioether (sulfide) groups is 1. The van der Waals surface area contributed by atoms with Crippen molar-refractivity contribution >= 4 is 46.8 Å². The molecule has 0 radical (unpaired) electrons. The van der Waals surface area contributed by atoms with Crippen molar-refractivity contribution in [1.29, 1.82) is 0 Å². The van der Waals surface area contributed by atoms with Gasteiger partial charge in [0.05, 0.1) is 15.8 Å². The number of unbranched alkanes of at least 4 members (excludes halogenated alkanes) is 1. The lowest BCUT2D eigenvalue weighted by atomic mass is 10.0. The van der Waals surface area contributed by atoms with Crippen LogP contribution in [0.1, 0.15) is 42.0 Å². The van der Waals surface area contributed by atoms with Crippen molar-refractivity contribution in [1.82, 2.24) is 10.2 Å². The zero-order chi connectivity index (χ0) is 26.6. The Morgan fingerprint density at radius 1 is 0.946 bits per heavy atom. The van der Waals surface area contributed by atoms with Gasteiger partial charge in [0.1, 0.15) is 6.04 Å². The monoisotopic (exact) mass is 556 g/mol. The van der Waals surface area contributed by atoms with E-state index in [9.17, 15) is 9.59 Å². The third-order valence-electron chi connectivity index (χ3n) is 6.18. The number of carbonyl (C=O) groups excluding carboxylic acids is 2. The van der Waals surface area contributed by atoms with Gasteiger partial charge < -0.3 is 10.2 Å². The minimum Gasteiger partial charge on any atom is -0.354 e. The molecule has 0 fully saturated rings. The van der Waals surface area contributed by atoms with Crippen molar-refractivity contribution in [2.24, 2.45) is 0 Å². The topological polar surface area (TPSA) is 49.4 Å². The fourth-order valence-corrected chi connectivity index (χ4v) is 5.31. The largest absolute Gasteiger partial charge is 0.354 e. The average Bonchev–Trinajstić information content (AvgIpc) is 2.90. The molecular formula is C30H34Cl2N2O2S. The van der Waals surface area contributed by atoms with E-state index in [1.807, 2.05) is 48.5 Å². The number of amides is 2. The lowest BCUT2D eigenvalue weighted by Gasteiger charge is -2.31. The number of carbonyl (C=O) groups is 2. The lowest BCUT2D eigenvalue weighted by molar-refractivity contribution is -0.139. The summed E-state index contributed by atoms with van der Waals surface area (Å²) < 4.78 is 0. The Kier molecular flexibility index (Phi) is 11.8. The Morgan fingerprint density at radius 2 is 1.68 bits per heavy atom. The van der Waals surface area contributed by atoms with E-state index >= 15 is 0 Å². The molecular weight excluding hydrogens is 523 g/mol. The molecule has 0 heterocycles. The van der Waals surface area contributed by atoms with E-state index < -0.39 is 6.04 Å². The molecule has 3 aromatic rings. The molecule has 1 atom stereocenters. The predicted molar refractivity (Wildman–Crippen MR) is 156 cm³/mol. The smallest absolute Gasteiger partial charge is 0.243 e. The van der Waals surface area contributed by atoms with Crippen LogP contribution in [0, 0.1) is 6.92 Å². The predicted octanol–water partition coefficient (Wildman–Crippen LogP) is 7.09. The molecule has 0 saturated heterocycles. The zero-order valence-electron chi connectivity index (χ0n) is 21.4. The van der Waals surface area contributed by atoms with E-state index in [0.717, 1.165) is 29.7 Å². The molecule has 0 saturated carbocycles. The summed E-state index contributed by atoms with van der Waals surface area (Å²) in [6, 6.07) is 22.7. The molecule has 1 N–H and O–H groups in total. The second-order valence-electron chi connectivity index (χ2n) is 9.04. The van der Waals surface area contributed by atoms with Crippen LogP contribution in [0.3, 0.4) is 0 Å². The van der Waals surface area contributed by atoms with Crippen molar-refractivity contribution in [2.45, 2.75) is 51.4 Å². The second-order valence-corrected chi connectivity index (χ2v) is 10.8. The Hall–Kier alpha value is -2.47. The maximum Gasteiger partial charge on any atom is 0.243 e. The van der Waals surface area contributed by atoms with Gasteiger partial charge in [0.25, 0.3) is 0 Å². The fourth-order valence-electron chi connectivity index (χ4n) is 4.00. The molecule has 0 bridgehead atoms. The van der Waals surface area contributed by atoms with E-state index in [-0.39, 0.29) is 24.1 Å².